The molecule has 0 saturated carbocycles. The maximum atomic E-state index is 12.0. The summed E-state index contributed by atoms with van der Waals surface area (Å²) < 4.78 is 0. The molecule has 3 unspecified atom stereocenters. The molecule has 2 aliphatic heterocycles. The highest BCUT2D eigenvalue weighted by molar-refractivity contribution is 7.80. The Kier molecular flexibility index (Phi) is 4.36. The van der Waals surface area contributed by atoms with Crippen LogP contribution in [0.3, 0.4) is 0 Å². The van der Waals surface area contributed by atoms with Crippen molar-refractivity contribution in [3.8, 4) is 0 Å². The molecule has 1 fully saturated rings. The van der Waals surface area contributed by atoms with Crippen LogP contribution in [0.2, 0.25) is 0 Å². The molecule has 1 aromatic carbocycles. The first-order valence-electron chi connectivity index (χ1n) is 7.55. The summed E-state index contributed by atoms with van der Waals surface area (Å²) in [6.07, 6.45) is 3.19. The van der Waals surface area contributed by atoms with Crippen molar-refractivity contribution in [2.24, 2.45) is 11.8 Å². The Bertz CT molecular complexity index is 614. The third-order valence-corrected chi connectivity index (χ3v) is 5.42. The van der Waals surface area contributed by atoms with E-state index in [2.05, 4.69) is 29.4 Å². The SMILES string of the molecule is CN1CCC(C2=CC(=O)NC2=O)C(Cc2ccccc2)C1S. The number of piperidine rings is 1. The van der Waals surface area contributed by atoms with Gasteiger partial charge in [-0.05, 0) is 43.8 Å². The van der Waals surface area contributed by atoms with Crippen LogP contribution in [0.5, 0.6) is 0 Å². The molecule has 2 aliphatic rings. The van der Waals surface area contributed by atoms with Crippen molar-refractivity contribution in [1.82, 2.24) is 10.2 Å². The number of rotatable bonds is 3. The molecule has 116 valence electrons. The standard InChI is InChI=1S/C17H20N2O2S/c1-19-8-7-12(13-10-15(20)18-16(13)21)14(17(19)22)9-11-5-3-2-4-6-11/h2-6,10,12,14,17,22H,7-9H2,1H3,(H,18,20,21). The van der Waals surface area contributed by atoms with Gasteiger partial charge in [-0.1, -0.05) is 30.3 Å². The van der Waals surface area contributed by atoms with E-state index in [-0.39, 0.29) is 29.0 Å². The fourth-order valence-corrected chi connectivity index (χ4v) is 3.87. The number of hydrogen-bond acceptors (Lipinski definition) is 4. The lowest BCUT2D eigenvalue weighted by atomic mass is 9.77. The smallest absolute Gasteiger partial charge is 0.254 e. The summed E-state index contributed by atoms with van der Waals surface area (Å²) in [6.45, 7) is 0.878. The van der Waals surface area contributed by atoms with Crippen LogP contribution in [-0.4, -0.2) is 35.7 Å². The normalized spacial score (nSPS) is 29.4. The molecule has 0 aromatic heterocycles. The van der Waals surface area contributed by atoms with E-state index in [0.717, 1.165) is 19.4 Å². The van der Waals surface area contributed by atoms with Gasteiger partial charge in [-0.15, -0.1) is 0 Å². The number of imide groups is 1. The third-order valence-electron chi connectivity index (χ3n) is 4.64. The van der Waals surface area contributed by atoms with E-state index < -0.39 is 0 Å². The second-order valence-electron chi connectivity index (χ2n) is 6.06. The fourth-order valence-electron chi connectivity index (χ4n) is 3.45. The Labute approximate surface area is 136 Å². The molecule has 1 aromatic rings. The highest BCUT2D eigenvalue weighted by Gasteiger charge is 2.40. The van der Waals surface area contributed by atoms with Gasteiger partial charge in [0.25, 0.3) is 11.8 Å². The molecular formula is C17H20N2O2S. The zero-order chi connectivity index (χ0) is 15.7. The predicted octanol–water partition coefficient (Wildman–Crippen LogP) is 1.64. The Hall–Kier alpha value is -1.59. The maximum absolute atomic E-state index is 12.0. The van der Waals surface area contributed by atoms with Crippen LogP contribution in [0.1, 0.15) is 12.0 Å². The van der Waals surface area contributed by atoms with E-state index in [1.54, 1.807) is 0 Å². The molecule has 2 heterocycles. The lowest BCUT2D eigenvalue weighted by molar-refractivity contribution is -0.124. The monoisotopic (exact) mass is 316 g/mol. The summed E-state index contributed by atoms with van der Waals surface area (Å²) in [6, 6.07) is 10.2. The number of carbonyl (C=O) groups excluding carboxylic acids is 2. The summed E-state index contributed by atoms with van der Waals surface area (Å²) in [4.78, 5) is 25.7. The van der Waals surface area contributed by atoms with E-state index in [1.807, 2.05) is 18.2 Å². The number of thiol groups is 1. The average molecular weight is 316 g/mol. The topological polar surface area (TPSA) is 49.4 Å². The van der Waals surface area contributed by atoms with Crippen molar-refractivity contribution in [2.45, 2.75) is 18.2 Å². The number of nitrogens with one attached hydrogen (secondary N) is 1. The van der Waals surface area contributed by atoms with Crippen LogP contribution in [-0.2, 0) is 16.0 Å². The predicted molar refractivity (Wildman–Crippen MR) is 88.4 cm³/mol. The number of likely N-dealkylation sites (tertiary alicyclic amines) is 1. The molecule has 1 N–H and O–H groups in total. The first-order chi connectivity index (χ1) is 10.6. The van der Waals surface area contributed by atoms with Crippen molar-refractivity contribution in [3.63, 3.8) is 0 Å². The number of benzene rings is 1. The van der Waals surface area contributed by atoms with Gasteiger partial charge in [-0.25, -0.2) is 0 Å². The Balaban J connectivity index is 1.88. The molecule has 0 spiro atoms. The largest absolute Gasteiger partial charge is 0.294 e. The van der Waals surface area contributed by atoms with Crippen LogP contribution < -0.4 is 5.32 Å². The van der Waals surface area contributed by atoms with Gasteiger partial charge in [0, 0.05) is 11.6 Å². The van der Waals surface area contributed by atoms with E-state index in [1.165, 1.54) is 11.6 Å². The summed E-state index contributed by atoms with van der Waals surface area (Å²) >= 11 is 4.77. The average Bonchev–Trinajstić information content (AvgIpc) is 2.84. The highest BCUT2D eigenvalue weighted by Crippen LogP contribution is 2.38. The van der Waals surface area contributed by atoms with Crippen molar-refractivity contribution in [3.05, 3.63) is 47.5 Å². The zero-order valence-corrected chi connectivity index (χ0v) is 13.4. The fraction of sp³-hybridized carbons (Fsp3) is 0.412. The van der Waals surface area contributed by atoms with Crippen molar-refractivity contribution >= 4 is 24.4 Å². The van der Waals surface area contributed by atoms with E-state index >= 15 is 0 Å². The quantitative estimate of drug-likeness (QED) is 0.658. The summed E-state index contributed by atoms with van der Waals surface area (Å²) in [5.74, 6) is -0.260. The maximum Gasteiger partial charge on any atom is 0.254 e. The zero-order valence-electron chi connectivity index (χ0n) is 12.5. The molecular weight excluding hydrogens is 296 g/mol. The molecule has 1 saturated heterocycles. The van der Waals surface area contributed by atoms with Crippen molar-refractivity contribution < 1.29 is 9.59 Å². The first kappa shape index (κ1) is 15.3. The van der Waals surface area contributed by atoms with Crippen LogP contribution in [0, 0.1) is 11.8 Å². The molecule has 3 atom stereocenters. The van der Waals surface area contributed by atoms with Crippen LogP contribution in [0.25, 0.3) is 0 Å². The Morgan fingerprint density at radius 1 is 1.27 bits per heavy atom. The second kappa shape index (κ2) is 6.26. The van der Waals surface area contributed by atoms with Crippen LogP contribution in [0.4, 0.5) is 0 Å². The van der Waals surface area contributed by atoms with Crippen LogP contribution >= 0.6 is 12.6 Å². The van der Waals surface area contributed by atoms with Gasteiger partial charge in [-0.3, -0.25) is 19.8 Å². The Morgan fingerprint density at radius 3 is 2.64 bits per heavy atom. The van der Waals surface area contributed by atoms with Gasteiger partial charge >= 0.3 is 0 Å². The van der Waals surface area contributed by atoms with E-state index in [4.69, 9.17) is 12.6 Å². The van der Waals surface area contributed by atoms with E-state index in [0.29, 0.717) is 5.57 Å². The molecule has 4 nitrogen and oxygen atoms in total. The number of carbonyl (C=O) groups is 2. The molecule has 3 rings (SSSR count). The molecule has 0 bridgehead atoms. The van der Waals surface area contributed by atoms with Crippen molar-refractivity contribution in [1.29, 1.82) is 0 Å². The summed E-state index contributed by atoms with van der Waals surface area (Å²) in [7, 11) is 2.06. The minimum Gasteiger partial charge on any atom is -0.294 e. The highest BCUT2D eigenvalue weighted by atomic mass is 32.1. The number of amides is 2. The molecule has 5 heteroatoms. The van der Waals surface area contributed by atoms with Gasteiger partial charge in [0.05, 0.1) is 5.37 Å². The molecule has 2 amide bonds. The van der Waals surface area contributed by atoms with Crippen molar-refractivity contribution in [2.75, 3.05) is 13.6 Å². The number of hydrogen-bond donors (Lipinski definition) is 2. The minimum absolute atomic E-state index is 0.0726. The first-order valence-corrected chi connectivity index (χ1v) is 8.07. The van der Waals surface area contributed by atoms with Gasteiger partial charge in [-0.2, -0.15) is 12.6 Å². The van der Waals surface area contributed by atoms with Gasteiger partial charge in [0.15, 0.2) is 0 Å². The Morgan fingerprint density at radius 2 is 2.00 bits per heavy atom. The molecule has 0 aliphatic carbocycles. The van der Waals surface area contributed by atoms with E-state index in [9.17, 15) is 9.59 Å². The van der Waals surface area contributed by atoms with Gasteiger partial charge in [0.2, 0.25) is 0 Å². The molecule has 0 radical (unpaired) electrons. The summed E-state index contributed by atoms with van der Waals surface area (Å²) in [5.41, 5.74) is 1.86. The lowest BCUT2D eigenvalue weighted by Gasteiger charge is -2.42. The second-order valence-corrected chi connectivity index (χ2v) is 6.59. The summed E-state index contributed by atoms with van der Waals surface area (Å²) in [5, 5.41) is 2.44. The third kappa shape index (κ3) is 2.96. The molecule has 22 heavy (non-hydrogen) atoms. The van der Waals surface area contributed by atoms with Gasteiger partial charge < -0.3 is 0 Å². The lowest BCUT2D eigenvalue weighted by Crippen LogP contribution is -2.46. The van der Waals surface area contributed by atoms with Gasteiger partial charge in [0.1, 0.15) is 0 Å². The van der Waals surface area contributed by atoms with Crippen LogP contribution in [0.15, 0.2) is 42.0 Å². The number of nitrogens with zero attached hydrogens (tertiary/aromatic N) is 1. The minimum atomic E-state index is -0.298.